The van der Waals surface area contributed by atoms with Crippen LogP contribution in [0.1, 0.15) is 71.1 Å². The van der Waals surface area contributed by atoms with Crippen molar-refractivity contribution >= 4 is 23.7 Å². The first-order valence-corrected chi connectivity index (χ1v) is 19.0. The lowest BCUT2D eigenvalue weighted by molar-refractivity contribution is -0.163. The fraction of sp³-hybridized carbons (Fsp3) is 0.535. The van der Waals surface area contributed by atoms with Gasteiger partial charge >= 0.3 is 5.97 Å². The van der Waals surface area contributed by atoms with Crippen molar-refractivity contribution in [2.75, 3.05) is 26.9 Å². The maximum Gasteiger partial charge on any atom is 0.313 e. The summed E-state index contributed by atoms with van der Waals surface area (Å²) in [6.07, 6.45) is 7.06. The highest BCUT2D eigenvalue weighted by molar-refractivity contribution is 5.99. The fourth-order valence-electron chi connectivity index (χ4n) is 9.27. The van der Waals surface area contributed by atoms with Gasteiger partial charge in [0, 0.05) is 25.6 Å². The van der Waals surface area contributed by atoms with Crippen LogP contribution in [0.3, 0.4) is 0 Å². The van der Waals surface area contributed by atoms with Gasteiger partial charge in [0.15, 0.2) is 0 Å². The number of ether oxygens (including phenoxy) is 3. The van der Waals surface area contributed by atoms with Gasteiger partial charge < -0.3 is 34.4 Å². The Hall–Kier alpha value is -4.32. The molecule has 4 aliphatic heterocycles. The summed E-state index contributed by atoms with van der Waals surface area (Å²) in [5.41, 5.74) is -0.791. The molecular formula is C43H55N3O8. The lowest BCUT2D eigenvalue weighted by atomic mass is 9.74. The Kier molecular flexibility index (Phi) is 11.5. The van der Waals surface area contributed by atoms with E-state index in [0.717, 1.165) is 5.56 Å². The molecule has 0 saturated carbocycles. The van der Waals surface area contributed by atoms with Crippen LogP contribution in [0, 0.1) is 17.3 Å². The van der Waals surface area contributed by atoms with E-state index in [1.54, 1.807) is 17.1 Å². The smallest absolute Gasteiger partial charge is 0.313 e. The lowest BCUT2D eigenvalue weighted by Gasteiger charge is -2.46. The van der Waals surface area contributed by atoms with Crippen molar-refractivity contribution in [1.82, 2.24) is 15.1 Å². The SMILES string of the molecule is COC[C@H]1NC(=O)CC/C=C\CN(C(C)(C)CC(C)(C)C)C(=O)[C@@H]2N([C@@H](CO)Cc3ccccc3)C(=O)[C@H]3[C@H](C(=O)O[C@@H]1c1ccccc1)[C@@H]1C=C[C@]23O1. The second kappa shape index (κ2) is 15.8. The lowest BCUT2D eigenvalue weighted by Crippen LogP contribution is -2.62. The molecule has 0 radical (unpaired) electrons. The Balaban J connectivity index is 1.49. The highest BCUT2D eigenvalue weighted by atomic mass is 16.6. The number of benzene rings is 2. The summed E-state index contributed by atoms with van der Waals surface area (Å²) >= 11 is 0. The Bertz CT molecular complexity index is 1740. The number of rotatable bonds is 9. The van der Waals surface area contributed by atoms with E-state index in [2.05, 4.69) is 26.1 Å². The Morgan fingerprint density at radius 1 is 0.963 bits per heavy atom. The number of carbonyl (C=O) groups is 4. The number of fused-ring (bicyclic) bond motifs is 2. The van der Waals surface area contributed by atoms with Gasteiger partial charge in [0.2, 0.25) is 17.7 Å². The fourth-order valence-corrected chi connectivity index (χ4v) is 9.27. The highest BCUT2D eigenvalue weighted by Crippen LogP contribution is 2.57. The van der Waals surface area contributed by atoms with E-state index in [-0.39, 0.29) is 43.2 Å². The number of aliphatic hydroxyl groups is 1. The number of allylic oxidation sites excluding steroid dienone is 1. The van der Waals surface area contributed by atoms with Crippen molar-refractivity contribution in [2.24, 2.45) is 17.3 Å². The van der Waals surface area contributed by atoms with Crippen molar-refractivity contribution in [3.8, 4) is 0 Å². The highest BCUT2D eigenvalue weighted by Gasteiger charge is 2.74. The molecule has 6 rings (SSSR count). The van der Waals surface area contributed by atoms with Gasteiger partial charge in [0.1, 0.15) is 23.7 Å². The summed E-state index contributed by atoms with van der Waals surface area (Å²) in [6, 6.07) is 16.0. The number of nitrogens with zero attached hydrogens (tertiary/aromatic N) is 2. The van der Waals surface area contributed by atoms with Crippen molar-refractivity contribution < 1.29 is 38.5 Å². The molecule has 11 nitrogen and oxygen atoms in total. The number of cyclic esters (lactones) is 1. The largest absolute Gasteiger partial charge is 0.455 e. The summed E-state index contributed by atoms with van der Waals surface area (Å²) in [5, 5.41) is 14.0. The zero-order valence-corrected chi connectivity index (χ0v) is 32.3. The summed E-state index contributed by atoms with van der Waals surface area (Å²) in [5.74, 6) is -3.88. The van der Waals surface area contributed by atoms with E-state index in [1.807, 2.05) is 86.7 Å². The number of methoxy groups -OCH3 is 1. The second-order valence-electron chi connectivity index (χ2n) is 16.9. The Labute approximate surface area is 318 Å². The number of hydrogen-bond acceptors (Lipinski definition) is 8. The van der Waals surface area contributed by atoms with Gasteiger partial charge in [-0.25, -0.2) is 0 Å². The predicted molar refractivity (Wildman–Crippen MR) is 203 cm³/mol. The van der Waals surface area contributed by atoms with E-state index in [4.69, 9.17) is 14.2 Å². The molecule has 2 saturated heterocycles. The van der Waals surface area contributed by atoms with Gasteiger partial charge in [-0.2, -0.15) is 0 Å². The van der Waals surface area contributed by atoms with Crippen LogP contribution in [-0.2, 0) is 39.8 Å². The minimum Gasteiger partial charge on any atom is -0.455 e. The zero-order valence-electron chi connectivity index (χ0n) is 32.3. The van der Waals surface area contributed by atoms with Gasteiger partial charge in [0.05, 0.1) is 37.3 Å². The maximum absolute atomic E-state index is 15.5. The topological polar surface area (TPSA) is 135 Å². The monoisotopic (exact) mass is 741 g/mol. The van der Waals surface area contributed by atoms with Crippen LogP contribution in [0.15, 0.2) is 85.0 Å². The quantitative estimate of drug-likeness (QED) is 0.283. The third-order valence-corrected chi connectivity index (χ3v) is 11.1. The number of carbonyl (C=O) groups excluding carboxylic acids is 4. The number of likely N-dealkylation sites (tertiary alicyclic amines) is 1. The van der Waals surface area contributed by atoms with E-state index < -0.39 is 71.8 Å². The van der Waals surface area contributed by atoms with Gasteiger partial charge in [-0.3, -0.25) is 19.2 Å². The normalized spacial score (nSPS) is 30.3. The number of nitrogens with one attached hydrogen (secondary N) is 1. The molecule has 5 bridgehead atoms. The minimum atomic E-state index is -1.48. The number of amides is 3. The Morgan fingerprint density at radius 3 is 2.30 bits per heavy atom. The molecule has 4 aliphatic rings. The molecular weight excluding hydrogens is 686 g/mol. The number of aliphatic hydroxyl groups excluding tert-OH is 1. The Morgan fingerprint density at radius 2 is 1.65 bits per heavy atom. The van der Waals surface area contributed by atoms with Crippen molar-refractivity contribution in [3.05, 3.63) is 96.1 Å². The predicted octanol–water partition coefficient (Wildman–Crippen LogP) is 4.55. The molecule has 2 N–H and O–H groups in total. The molecule has 11 heteroatoms. The molecule has 4 heterocycles. The summed E-state index contributed by atoms with van der Waals surface area (Å²) < 4.78 is 18.6. The zero-order chi connectivity index (χ0) is 38.8. The third kappa shape index (κ3) is 7.76. The van der Waals surface area contributed by atoms with Gasteiger partial charge in [-0.15, -0.1) is 0 Å². The van der Waals surface area contributed by atoms with Gasteiger partial charge in [-0.1, -0.05) is 106 Å². The van der Waals surface area contributed by atoms with Gasteiger partial charge in [0.25, 0.3) is 0 Å². The number of esters is 1. The van der Waals surface area contributed by atoms with Crippen LogP contribution in [0.4, 0.5) is 0 Å². The average molecular weight is 742 g/mol. The van der Waals surface area contributed by atoms with Crippen LogP contribution in [0.5, 0.6) is 0 Å². The third-order valence-electron chi connectivity index (χ3n) is 11.1. The molecule has 3 amide bonds. The van der Waals surface area contributed by atoms with Crippen LogP contribution < -0.4 is 5.32 Å². The molecule has 290 valence electrons. The summed E-state index contributed by atoms with van der Waals surface area (Å²) in [6.45, 7) is 10.3. The van der Waals surface area contributed by atoms with Gasteiger partial charge in [-0.05, 0) is 49.7 Å². The van der Waals surface area contributed by atoms with Crippen molar-refractivity contribution in [1.29, 1.82) is 0 Å². The molecule has 0 aromatic heterocycles. The van der Waals surface area contributed by atoms with Crippen molar-refractivity contribution in [2.45, 2.75) is 102 Å². The minimum absolute atomic E-state index is 0.0606. The van der Waals surface area contributed by atoms with Crippen LogP contribution in [-0.4, -0.2) is 101 Å². The second-order valence-corrected chi connectivity index (χ2v) is 16.9. The number of hydrogen-bond donors (Lipinski definition) is 2. The van der Waals surface area contributed by atoms with Crippen LogP contribution >= 0.6 is 0 Å². The van der Waals surface area contributed by atoms with Crippen LogP contribution in [0.2, 0.25) is 0 Å². The van der Waals surface area contributed by atoms with E-state index in [0.29, 0.717) is 18.4 Å². The van der Waals surface area contributed by atoms with E-state index in [9.17, 15) is 14.7 Å². The molecule has 8 atom stereocenters. The molecule has 2 aromatic rings. The van der Waals surface area contributed by atoms with E-state index in [1.165, 1.54) is 12.0 Å². The van der Waals surface area contributed by atoms with E-state index >= 15 is 9.59 Å². The summed E-state index contributed by atoms with van der Waals surface area (Å²) in [7, 11) is 1.52. The first-order chi connectivity index (χ1) is 25.7. The molecule has 54 heavy (non-hydrogen) atoms. The molecule has 0 aliphatic carbocycles. The molecule has 2 aromatic carbocycles. The van der Waals surface area contributed by atoms with Crippen LogP contribution in [0.25, 0.3) is 0 Å². The summed E-state index contributed by atoms with van der Waals surface area (Å²) in [4.78, 5) is 61.8. The first kappa shape index (κ1) is 39.4. The molecule has 0 unspecified atom stereocenters. The molecule has 2 fully saturated rings. The standard InChI is InChI=1S/C43H55N3O8/c1-41(2,3)27-42(4,5)45-23-15-9-14-20-33(48)44-31(26-52-6)36(29-18-12-8-13-19-29)53-40(51)34-32-21-22-43(54-32)35(34)38(49)46(37(43)39(45)50)30(25-47)24-28-16-10-7-11-17-28/h7-13,15-19,21-22,30-32,34-37,47H,14,20,23-27H2,1-6H3,(H,44,48)/b15-9-/t30-,31-,32+,34-,35-,36-,37+,43-/m1/s1. The average Bonchev–Trinajstić information content (AvgIpc) is 3.77. The maximum atomic E-state index is 15.5. The first-order valence-electron chi connectivity index (χ1n) is 19.0. The van der Waals surface area contributed by atoms with Crippen molar-refractivity contribution in [3.63, 3.8) is 0 Å². The molecule has 1 spiro atoms.